The van der Waals surface area contributed by atoms with E-state index in [2.05, 4.69) is 56.4 Å². The Morgan fingerprint density at radius 3 is 2.74 bits per heavy atom. The number of piperidine rings is 1. The third-order valence-electron chi connectivity index (χ3n) is 5.53. The molecule has 0 spiro atoms. The summed E-state index contributed by atoms with van der Waals surface area (Å²) in [6.07, 6.45) is 3.36. The second-order valence-corrected chi connectivity index (χ2v) is 8.00. The molecule has 11 heteroatoms. The van der Waals surface area contributed by atoms with Gasteiger partial charge in [0.1, 0.15) is 24.4 Å². The monoisotopic (exact) mass is 430 g/mol. The number of anilines is 1. The van der Waals surface area contributed by atoms with E-state index in [4.69, 9.17) is 9.26 Å². The lowest BCUT2D eigenvalue weighted by atomic mass is 10.0. The van der Waals surface area contributed by atoms with E-state index in [1.165, 1.54) is 17.1 Å². The Balaban J connectivity index is 1.22. The van der Waals surface area contributed by atoms with Gasteiger partial charge in [0, 0.05) is 37.7 Å². The molecule has 31 heavy (non-hydrogen) atoms. The predicted octanol–water partition coefficient (Wildman–Crippen LogP) is 2.29. The molecule has 0 aliphatic carbocycles. The second kappa shape index (κ2) is 9.38. The molecule has 0 unspecified atom stereocenters. The SMILES string of the molecule is CC(C)c1noc(N2CCC(N(C)CCOc3ccc(-n4cnnn4)c(F)c3)CC2)n1. The van der Waals surface area contributed by atoms with E-state index in [9.17, 15) is 4.39 Å². The first-order chi connectivity index (χ1) is 15.0. The van der Waals surface area contributed by atoms with Gasteiger partial charge in [-0.05, 0) is 42.4 Å². The maximum atomic E-state index is 14.3. The third-order valence-corrected chi connectivity index (χ3v) is 5.53. The van der Waals surface area contributed by atoms with Crippen molar-refractivity contribution in [3.63, 3.8) is 0 Å². The summed E-state index contributed by atoms with van der Waals surface area (Å²) < 4.78 is 26.7. The lowest BCUT2D eigenvalue weighted by molar-refractivity contribution is 0.169. The molecule has 1 aliphatic rings. The van der Waals surface area contributed by atoms with Crippen molar-refractivity contribution < 1.29 is 13.7 Å². The van der Waals surface area contributed by atoms with Crippen molar-refractivity contribution in [2.24, 2.45) is 0 Å². The molecular formula is C20H27FN8O2. The summed E-state index contributed by atoms with van der Waals surface area (Å²) in [6.45, 7) is 7.07. The smallest absolute Gasteiger partial charge is 0.324 e. The van der Waals surface area contributed by atoms with Crippen molar-refractivity contribution in [2.45, 2.75) is 38.6 Å². The molecular weight excluding hydrogens is 403 g/mol. The van der Waals surface area contributed by atoms with E-state index < -0.39 is 5.82 Å². The molecule has 3 aromatic rings. The molecule has 3 heterocycles. The predicted molar refractivity (Wildman–Crippen MR) is 111 cm³/mol. The van der Waals surface area contributed by atoms with E-state index in [-0.39, 0.29) is 11.6 Å². The average Bonchev–Trinajstić information content (AvgIpc) is 3.46. The summed E-state index contributed by atoms with van der Waals surface area (Å²) in [6, 6.07) is 5.73. The highest BCUT2D eigenvalue weighted by atomic mass is 19.1. The Morgan fingerprint density at radius 2 is 2.10 bits per heavy atom. The lowest BCUT2D eigenvalue weighted by Gasteiger charge is -2.35. The van der Waals surface area contributed by atoms with Gasteiger partial charge in [0.05, 0.1) is 0 Å². The standard InChI is InChI=1S/C20H27FN8O2/c1-14(2)19-23-20(31-24-19)28-8-6-15(7-9-28)27(3)10-11-30-16-4-5-18(17(21)12-16)29-13-22-25-26-29/h4-5,12-15H,6-11H2,1-3H3. The first-order valence-corrected chi connectivity index (χ1v) is 10.5. The minimum Gasteiger partial charge on any atom is -0.492 e. The van der Waals surface area contributed by atoms with Crippen LogP contribution in [0.15, 0.2) is 29.0 Å². The van der Waals surface area contributed by atoms with Crippen molar-refractivity contribution in [1.29, 1.82) is 0 Å². The number of likely N-dealkylation sites (N-methyl/N-ethyl adjacent to an activating group) is 1. The maximum Gasteiger partial charge on any atom is 0.324 e. The number of benzene rings is 1. The summed E-state index contributed by atoms with van der Waals surface area (Å²) >= 11 is 0. The van der Waals surface area contributed by atoms with Crippen LogP contribution in [-0.2, 0) is 0 Å². The number of hydrogen-bond donors (Lipinski definition) is 0. The molecule has 0 radical (unpaired) electrons. The molecule has 10 nitrogen and oxygen atoms in total. The van der Waals surface area contributed by atoms with Crippen LogP contribution in [0.2, 0.25) is 0 Å². The van der Waals surface area contributed by atoms with Crippen LogP contribution in [0.25, 0.3) is 5.69 Å². The number of rotatable bonds is 8. The highest BCUT2D eigenvalue weighted by molar-refractivity contribution is 5.38. The fourth-order valence-corrected chi connectivity index (χ4v) is 3.61. The van der Waals surface area contributed by atoms with Gasteiger partial charge in [-0.1, -0.05) is 19.0 Å². The highest BCUT2D eigenvalue weighted by Crippen LogP contribution is 2.23. The van der Waals surface area contributed by atoms with Crippen molar-refractivity contribution in [2.75, 3.05) is 38.2 Å². The van der Waals surface area contributed by atoms with Crippen LogP contribution in [0.4, 0.5) is 10.4 Å². The molecule has 0 amide bonds. The largest absolute Gasteiger partial charge is 0.492 e. The van der Waals surface area contributed by atoms with Gasteiger partial charge in [0.15, 0.2) is 11.6 Å². The van der Waals surface area contributed by atoms with Crippen molar-refractivity contribution in [3.05, 3.63) is 36.2 Å². The number of halogens is 1. The first-order valence-electron chi connectivity index (χ1n) is 10.5. The quantitative estimate of drug-likeness (QED) is 0.533. The van der Waals surface area contributed by atoms with Gasteiger partial charge in [0.2, 0.25) is 0 Å². The van der Waals surface area contributed by atoms with Gasteiger partial charge in [-0.2, -0.15) is 9.67 Å². The van der Waals surface area contributed by atoms with Crippen LogP contribution in [-0.4, -0.2) is 74.6 Å². The van der Waals surface area contributed by atoms with Gasteiger partial charge in [-0.25, -0.2) is 4.39 Å². The maximum absolute atomic E-state index is 14.3. The van der Waals surface area contributed by atoms with Crippen LogP contribution in [0.3, 0.4) is 0 Å². The van der Waals surface area contributed by atoms with E-state index >= 15 is 0 Å². The minimum absolute atomic E-state index is 0.255. The summed E-state index contributed by atoms with van der Waals surface area (Å²) in [7, 11) is 2.09. The fourth-order valence-electron chi connectivity index (χ4n) is 3.61. The van der Waals surface area contributed by atoms with Crippen LogP contribution in [0, 0.1) is 5.82 Å². The Kier molecular flexibility index (Phi) is 6.40. The summed E-state index contributed by atoms with van der Waals surface area (Å²) in [5.41, 5.74) is 0.281. The van der Waals surface area contributed by atoms with E-state index in [1.54, 1.807) is 12.1 Å². The van der Waals surface area contributed by atoms with Crippen LogP contribution in [0.1, 0.15) is 38.4 Å². The molecule has 4 rings (SSSR count). The fraction of sp³-hybridized carbons (Fsp3) is 0.550. The zero-order valence-electron chi connectivity index (χ0n) is 18.0. The number of ether oxygens (including phenoxy) is 1. The summed E-state index contributed by atoms with van der Waals surface area (Å²) in [4.78, 5) is 8.92. The zero-order chi connectivity index (χ0) is 21.8. The Hall–Kier alpha value is -3.08. The van der Waals surface area contributed by atoms with E-state index in [0.717, 1.165) is 38.3 Å². The van der Waals surface area contributed by atoms with Gasteiger partial charge in [0.25, 0.3) is 0 Å². The zero-order valence-corrected chi connectivity index (χ0v) is 18.0. The summed E-state index contributed by atoms with van der Waals surface area (Å²) in [5, 5.41) is 14.8. The molecule has 1 aliphatic heterocycles. The molecule has 0 bridgehead atoms. The Labute approximate surface area is 180 Å². The van der Waals surface area contributed by atoms with Crippen LogP contribution >= 0.6 is 0 Å². The topological polar surface area (TPSA) is 98.2 Å². The third kappa shape index (κ3) is 4.98. The van der Waals surface area contributed by atoms with Gasteiger partial charge >= 0.3 is 6.01 Å². The lowest BCUT2D eigenvalue weighted by Crippen LogP contribution is -2.44. The summed E-state index contributed by atoms with van der Waals surface area (Å²) in [5.74, 6) is 1.04. The van der Waals surface area contributed by atoms with Crippen LogP contribution in [0.5, 0.6) is 5.75 Å². The highest BCUT2D eigenvalue weighted by Gasteiger charge is 2.25. The molecule has 0 atom stereocenters. The Bertz CT molecular complexity index is 969. The number of tetrazole rings is 1. The van der Waals surface area contributed by atoms with Crippen molar-refractivity contribution in [3.8, 4) is 11.4 Å². The molecule has 0 N–H and O–H groups in total. The molecule has 1 fully saturated rings. The van der Waals surface area contributed by atoms with Gasteiger partial charge < -0.3 is 14.2 Å². The van der Waals surface area contributed by atoms with Crippen LogP contribution < -0.4 is 9.64 Å². The van der Waals surface area contributed by atoms with Gasteiger partial charge in [-0.15, -0.1) is 5.10 Å². The average molecular weight is 430 g/mol. The number of hydrogen-bond acceptors (Lipinski definition) is 9. The number of nitrogens with zero attached hydrogens (tertiary/aromatic N) is 8. The molecule has 2 aromatic heterocycles. The van der Waals surface area contributed by atoms with Crippen molar-refractivity contribution in [1.82, 2.24) is 35.2 Å². The molecule has 166 valence electrons. The molecule has 1 saturated heterocycles. The van der Waals surface area contributed by atoms with E-state index in [0.29, 0.717) is 24.4 Å². The van der Waals surface area contributed by atoms with Gasteiger partial charge in [-0.3, -0.25) is 4.90 Å². The Morgan fingerprint density at radius 1 is 1.29 bits per heavy atom. The molecule has 0 saturated carbocycles. The minimum atomic E-state index is -0.438. The van der Waals surface area contributed by atoms with E-state index in [1.807, 2.05) is 0 Å². The first kappa shape index (κ1) is 21.2. The van der Waals surface area contributed by atoms with Crippen molar-refractivity contribution >= 4 is 6.01 Å². The number of aromatic nitrogens is 6. The second-order valence-electron chi connectivity index (χ2n) is 8.00. The normalized spacial score (nSPS) is 15.2. The molecule has 1 aromatic carbocycles.